The summed E-state index contributed by atoms with van der Waals surface area (Å²) in [5.74, 6) is 0. The Morgan fingerprint density at radius 1 is 0.220 bits per heavy atom. The number of anilines is 15. The standard InChI is InChI=1S/C92H61B2N5S/c1-8-31-62(32-9-1)89-73-47-22-24-49-75(73)90(76-50-25-23-48-74(76)89)63-33-30-46-70(55-63)99-83-61-87-80(94-78-52-27-29-54-82(78)98(69-44-20-7-21-45-69)86-58-72(59-88(100-87)92(86)94)96(66-38-14-4-15-39-66)67-40-16-5-17-41-67)60-79(83)93-77-51-26-28-53-81(77)97(68-42-18-6-19-43-68)84-56-71(57-85(99)91(84)93)95(64-34-10-2-11-35-64)65-36-12-3-13-37-65/h1-61H. The van der Waals surface area contributed by atoms with Gasteiger partial charge in [0.1, 0.15) is 0 Å². The molecule has 5 nitrogen and oxygen atoms in total. The second kappa shape index (κ2) is 23.7. The zero-order chi connectivity index (χ0) is 65.8. The van der Waals surface area contributed by atoms with Gasteiger partial charge in [-0.2, -0.15) is 0 Å². The molecule has 4 aliphatic rings. The van der Waals surface area contributed by atoms with Gasteiger partial charge in [0, 0.05) is 89.4 Å². The third-order valence-electron chi connectivity index (χ3n) is 20.7. The molecule has 0 bridgehead atoms. The summed E-state index contributed by atoms with van der Waals surface area (Å²) in [7, 11) is 0. The van der Waals surface area contributed by atoms with Crippen LogP contribution in [-0.4, -0.2) is 13.4 Å². The second-order valence-electron chi connectivity index (χ2n) is 26.3. The largest absolute Gasteiger partial charge is 0.311 e. The maximum atomic E-state index is 2.65. The molecule has 4 aliphatic heterocycles. The van der Waals surface area contributed by atoms with E-state index < -0.39 is 0 Å². The first-order chi connectivity index (χ1) is 49.7. The fourth-order valence-corrected chi connectivity index (χ4v) is 17.9. The Kier molecular flexibility index (Phi) is 13.7. The normalized spacial score (nSPS) is 12.9. The lowest BCUT2D eigenvalue weighted by molar-refractivity contribution is 1.22. The summed E-state index contributed by atoms with van der Waals surface area (Å²) >= 11 is 1.91. The van der Waals surface area contributed by atoms with Gasteiger partial charge >= 0.3 is 0 Å². The minimum Gasteiger partial charge on any atom is -0.311 e. The molecule has 20 rings (SSSR count). The summed E-state index contributed by atoms with van der Waals surface area (Å²) < 4.78 is 0. The average molecular weight is 1290 g/mol. The van der Waals surface area contributed by atoms with Crippen LogP contribution >= 0.6 is 11.8 Å². The van der Waals surface area contributed by atoms with Crippen molar-refractivity contribution < 1.29 is 0 Å². The summed E-state index contributed by atoms with van der Waals surface area (Å²) in [5.41, 5.74) is 29.2. The summed E-state index contributed by atoms with van der Waals surface area (Å²) in [6, 6.07) is 137. The van der Waals surface area contributed by atoms with E-state index >= 15 is 0 Å². The first-order valence-electron chi connectivity index (χ1n) is 34.5. The van der Waals surface area contributed by atoms with Crippen molar-refractivity contribution in [1.29, 1.82) is 0 Å². The summed E-state index contributed by atoms with van der Waals surface area (Å²) in [5, 5.41) is 4.88. The molecule has 100 heavy (non-hydrogen) atoms. The van der Waals surface area contributed by atoms with Crippen molar-refractivity contribution in [3.05, 3.63) is 370 Å². The van der Waals surface area contributed by atoms with Gasteiger partial charge in [0.2, 0.25) is 6.71 Å². The smallest absolute Gasteiger partial charge is 0.252 e. The monoisotopic (exact) mass is 1290 g/mol. The summed E-state index contributed by atoms with van der Waals surface area (Å²) in [4.78, 5) is 15.0. The highest BCUT2D eigenvalue weighted by molar-refractivity contribution is 8.00. The first kappa shape index (κ1) is 57.7. The quantitative estimate of drug-likeness (QED) is 0.0941. The zero-order valence-corrected chi connectivity index (χ0v) is 55.3. The number of benzene rings is 16. The van der Waals surface area contributed by atoms with Crippen LogP contribution in [0.3, 0.4) is 0 Å². The highest BCUT2D eigenvalue weighted by Crippen LogP contribution is 2.53. The first-order valence-corrected chi connectivity index (χ1v) is 35.3. The van der Waals surface area contributed by atoms with Gasteiger partial charge in [-0.3, -0.25) is 0 Å². The Bertz CT molecular complexity index is 5730. The molecule has 0 fully saturated rings. The van der Waals surface area contributed by atoms with E-state index in [0.717, 1.165) is 79.5 Å². The molecule has 0 spiro atoms. The molecule has 0 N–H and O–H groups in total. The topological polar surface area (TPSA) is 16.2 Å². The van der Waals surface area contributed by atoms with Crippen molar-refractivity contribution in [1.82, 2.24) is 0 Å². The van der Waals surface area contributed by atoms with E-state index in [-0.39, 0.29) is 13.4 Å². The van der Waals surface area contributed by atoms with Gasteiger partial charge < -0.3 is 24.5 Å². The molecule has 0 atom stereocenters. The van der Waals surface area contributed by atoms with Crippen molar-refractivity contribution in [3.63, 3.8) is 0 Å². The van der Waals surface area contributed by atoms with E-state index in [9.17, 15) is 0 Å². The number of hydrogen-bond donors (Lipinski definition) is 0. The van der Waals surface area contributed by atoms with Gasteiger partial charge in [-0.25, -0.2) is 0 Å². The lowest BCUT2D eigenvalue weighted by atomic mass is 9.31. The van der Waals surface area contributed by atoms with Crippen molar-refractivity contribution >= 4 is 165 Å². The molecule has 16 aromatic rings. The Labute approximate surface area is 587 Å². The van der Waals surface area contributed by atoms with Crippen LogP contribution < -0.4 is 57.3 Å². The zero-order valence-electron chi connectivity index (χ0n) is 54.5. The number of nitrogens with zero attached hydrogens (tertiary/aromatic N) is 5. The fourth-order valence-electron chi connectivity index (χ4n) is 16.7. The van der Waals surface area contributed by atoms with Gasteiger partial charge in [0.25, 0.3) is 6.71 Å². The maximum Gasteiger partial charge on any atom is 0.252 e. The average Bonchev–Trinajstić information content (AvgIpc) is 0.689. The minimum absolute atomic E-state index is 0.107. The summed E-state index contributed by atoms with van der Waals surface area (Å²) in [6.45, 7) is -0.280. The van der Waals surface area contributed by atoms with Crippen molar-refractivity contribution in [2.75, 3.05) is 24.5 Å². The van der Waals surface area contributed by atoms with Crippen LogP contribution in [0.1, 0.15) is 0 Å². The lowest BCUT2D eigenvalue weighted by Gasteiger charge is -2.46. The second-order valence-corrected chi connectivity index (χ2v) is 27.3. The SMILES string of the molecule is c1ccc(-c2c3ccccc3c(-c3cccc(N4c5cc6c(cc5B5c7ccccc7N(c7ccccc7)c7cc(N(c8ccccc8)c8ccccc8)cc4c75)B4c5ccccc5N(c5ccccc5)c5cc(N(c7ccccc7)c7ccccc7)cc(c54)S6)c3)c3ccccc23)cc1. The van der Waals surface area contributed by atoms with E-state index in [0.29, 0.717) is 0 Å². The molecule has 16 aromatic carbocycles. The fraction of sp³-hybridized carbons (Fsp3) is 0. The van der Waals surface area contributed by atoms with Gasteiger partial charge in [0.15, 0.2) is 0 Å². The van der Waals surface area contributed by atoms with Gasteiger partial charge in [0.05, 0.1) is 5.69 Å². The maximum absolute atomic E-state index is 2.65. The molecular weight excluding hydrogens is 1230 g/mol. The van der Waals surface area contributed by atoms with Crippen LogP contribution in [0.5, 0.6) is 0 Å². The number of hydrogen-bond acceptors (Lipinski definition) is 6. The molecule has 0 amide bonds. The summed E-state index contributed by atoms with van der Waals surface area (Å²) in [6.07, 6.45) is 0. The molecule has 0 aliphatic carbocycles. The van der Waals surface area contributed by atoms with Crippen molar-refractivity contribution in [3.8, 4) is 22.3 Å². The highest BCUT2D eigenvalue weighted by atomic mass is 32.2. The van der Waals surface area contributed by atoms with E-state index in [1.807, 2.05) is 11.8 Å². The Hall–Kier alpha value is -12.5. The highest BCUT2D eigenvalue weighted by Gasteiger charge is 2.48. The van der Waals surface area contributed by atoms with E-state index in [1.165, 1.54) is 92.2 Å². The van der Waals surface area contributed by atoms with Crippen LogP contribution in [0.2, 0.25) is 0 Å². The van der Waals surface area contributed by atoms with Crippen LogP contribution in [0.15, 0.2) is 380 Å². The van der Waals surface area contributed by atoms with E-state index in [1.54, 1.807) is 0 Å². The van der Waals surface area contributed by atoms with Crippen LogP contribution in [0.25, 0.3) is 43.8 Å². The molecule has 0 radical (unpaired) electrons. The predicted octanol–water partition coefficient (Wildman–Crippen LogP) is 21.1. The molecule has 0 unspecified atom stereocenters. The molecule has 466 valence electrons. The van der Waals surface area contributed by atoms with E-state index in [2.05, 4.69) is 395 Å². The minimum atomic E-state index is -0.173. The van der Waals surface area contributed by atoms with Crippen LogP contribution in [0, 0.1) is 0 Å². The van der Waals surface area contributed by atoms with Gasteiger partial charge in [-0.15, -0.1) is 0 Å². The van der Waals surface area contributed by atoms with Crippen molar-refractivity contribution in [2.45, 2.75) is 9.79 Å². The third kappa shape index (κ3) is 9.21. The van der Waals surface area contributed by atoms with Crippen molar-refractivity contribution in [2.24, 2.45) is 0 Å². The molecule has 0 saturated heterocycles. The van der Waals surface area contributed by atoms with Crippen LogP contribution in [-0.2, 0) is 0 Å². The Morgan fingerprint density at radius 3 is 1.06 bits per heavy atom. The molecular formula is C92H61B2N5S. The third-order valence-corrected chi connectivity index (χ3v) is 21.9. The number of rotatable bonds is 11. The van der Waals surface area contributed by atoms with Gasteiger partial charge in [-0.05, 0) is 199 Å². The Morgan fingerprint density at radius 2 is 0.580 bits per heavy atom. The molecule has 4 heterocycles. The molecule has 0 saturated carbocycles. The van der Waals surface area contributed by atoms with Gasteiger partial charge in [-0.1, -0.05) is 260 Å². The predicted molar refractivity (Wildman–Crippen MR) is 426 cm³/mol. The van der Waals surface area contributed by atoms with E-state index in [4.69, 9.17) is 0 Å². The number of para-hydroxylation sites is 8. The van der Waals surface area contributed by atoms with Crippen LogP contribution in [0.4, 0.5) is 85.3 Å². The Balaban J connectivity index is 0.886. The molecule has 8 heteroatoms. The lowest BCUT2D eigenvalue weighted by Crippen LogP contribution is -2.64. The number of fused-ring (bicyclic) bond motifs is 10. The molecule has 0 aromatic heterocycles.